The molecule has 3 unspecified atom stereocenters. The Balaban J connectivity index is 1.65. The highest BCUT2D eigenvalue weighted by Gasteiger charge is 2.42. The summed E-state index contributed by atoms with van der Waals surface area (Å²) in [5, 5.41) is 14.8. The van der Waals surface area contributed by atoms with Gasteiger partial charge in [0, 0.05) is 13.1 Å². The van der Waals surface area contributed by atoms with E-state index in [-0.39, 0.29) is 18.0 Å². The predicted octanol–water partition coefficient (Wildman–Crippen LogP) is 3.20. The number of hydrogen-bond donors (Lipinski definition) is 2. The zero-order valence-electron chi connectivity index (χ0n) is 15.5. The summed E-state index contributed by atoms with van der Waals surface area (Å²) >= 11 is 0. The smallest absolute Gasteiger partial charge is 0.310 e. The van der Waals surface area contributed by atoms with Crippen molar-refractivity contribution in [3.63, 3.8) is 0 Å². The molecule has 0 aliphatic carbocycles. The van der Waals surface area contributed by atoms with Gasteiger partial charge in [0.25, 0.3) is 0 Å². The van der Waals surface area contributed by atoms with Gasteiger partial charge < -0.3 is 10.4 Å². The molecule has 0 bridgehead atoms. The normalized spacial score (nSPS) is 22.9. The monoisotopic (exact) mass is 354 g/mol. The number of amides is 1. The average molecular weight is 354 g/mol. The summed E-state index contributed by atoms with van der Waals surface area (Å²) in [7, 11) is 0. The van der Waals surface area contributed by atoms with Gasteiger partial charge in [0.1, 0.15) is 0 Å². The molecule has 138 valence electrons. The van der Waals surface area contributed by atoms with Gasteiger partial charge in [0.15, 0.2) is 0 Å². The van der Waals surface area contributed by atoms with Crippen LogP contribution in [0.5, 0.6) is 0 Å². The largest absolute Gasteiger partial charge is 0.481 e. The molecule has 0 aromatic heterocycles. The molecule has 26 heavy (non-hydrogen) atoms. The zero-order chi connectivity index (χ0) is 18.9. The van der Waals surface area contributed by atoms with Crippen LogP contribution in [0.1, 0.15) is 38.8 Å². The molecule has 1 aliphatic rings. The summed E-state index contributed by atoms with van der Waals surface area (Å²) in [6.07, 6.45) is 0.570. The van der Waals surface area contributed by atoms with E-state index in [9.17, 15) is 14.7 Å². The Morgan fingerprint density at radius 2 is 1.85 bits per heavy atom. The van der Waals surface area contributed by atoms with Gasteiger partial charge in [-0.15, -0.1) is 0 Å². The molecule has 0 spiro atoms. The Hall–Kier alpha value is -2.40. The average Bonchev–Trinajstić information content (AvgIpc) is 3.04. The van der Waals surface area contributed by atoms with Gasteiger partial charge in [0.2, 0.25) is 5.91 Å². The lowest BCUT2D eigenvalue weighted by atomic mass is 9.90. The number of nitrogens with zero attached hydrogens (tertiary/aromatic N) is 1. The Kier molecular flexibility index (Phi) is 5.01. The highest BCUT2D eigenvalue weighted by molar-refractivity contribution is 5.84. The van der Waals surface area contributed by atoms with E-state index in [4.69, 9.17) is 0 Å². The first-order valence-electron chi connectivity index (χ1n) is 9.07. The Morgan fingerprint density at radius 3 is 2.50 bits per heavy atom. The third-order valence-electron chi connectivity index (χ3n) is 5.58. The number of likely N-dealkylation sites (tertiary alicyclic amines) is 1. The lowest BCUT2D eigenvalue weighted by Crippen LogP contribution is -2.46. The van der Waals surface area contributed by atoms with Crippen molar-refractivity contribution >= 4 is 22.6 Å². The fourth-order valence-electron chi connectivity index (χ4n) is 3.56. The second-order valence-electron chi connectivity index (χ2n) is 7.60. The van der Waals surface area contributed by atoms with Crippen LogP contribution in [-0.2, 0) is 9.59 Å². The van der Waals surface area contributed by atoms with E-state index in [1.165, 1.54) is 5.39 Å². The molecule has 1 amide bonds. The van der Waals surface area contributed by atoms with Gasteiger partial charge in [0.05, 0.1) is 17.5 Å². The topological polar surface area (TPSA) is 69.6 Å². The fraction of sp³-hybridized carbons (Fsp3) is 0.429. The van der Waals surface area contributed by atoms with E-state index in [0.29, 0.717) is 19.5 Å². The molecule has 3 rings (SSSR count). The number of carboxylic acid groups (broad SMARTS) is 1. The Morgan fingerprint density at radius 1 is 1.15 bits per heavy atom. The summed E-state index contributed by atoms with van der Waals surface area (Å²) in [5.74, 6) is -0.863. The maximum atomic E-state index is 12.7. The quantitative estimate of drug-likeness (QED) is 0.865. The van der Waals surface area contributed by atoms with E-state index < -0.39 is 11.4 Å². The van der Waals surface area contributed by atoms with E-state index in [2.05, 4.69) is 29.6 Å². The number of carboxylic acids is 1. The van der Waals surface area contributed by atoms with Gasteiger partial charge in [-0.1, -0.05) is 36.4 Å². The van der Waals surface area contributed by atoms with Crippen LogP contribution in [0.3, 0.4) is 0 Å². The molecule has 5 nitrogen and oxygen atoms in total. The third-order valence-corrected chi connectivity index (χ3v) is 5.58. The highest BCUT2D eigenvalue weighted by atomic mass is 16.4. The number of aliphatic carboxylic acids is 1. The molecule has 2 N–H and O–H groups in total. The summed E-state index contributed by atoms with van der Waals surface area (Å²) in [6.45, 7) is 6.59. The van der Waals surface area contributed by atoms with Gasteiger partial charge in [-0.25, -0.2) is 0 Å². The molecule has 2 aromatic rings. The molecule has 0 saturated carbocycles. The van der Waals surface area contributed by atoms with E-state index in [1.807, 2.05) is 36.9 Å². The van der Waals surface area contributed by atoms with Crippen molar-refractivity contribution in [2.75, 3.05) is 13.1 Å². The number of rotatable bonds is 5. The van der Waals surface area contributed by atoms with Crippen molar-refractivity contribution in [2.24, 2.45) is 5.41 Å². The van der Waals surface area contributed by atoms with Crippen LogP contribution in [-0.4, -0.2) is 41.0 Å². The van der Waals surface area contributed by atoms with Gasteiger partial charge >= 0.3 is 5.97 Å². The number of benzene rings is 2. The van der Waals surface area contributed by atoms with E-state index in [1.54, 1.807) is 6.92 Å². The molecule has 5 heteroatoms. The first-order valence-corrected chi connectivity index (χ1v) is 9.07. The minimum absolute atomic E-state index is 0.0692. The summed E-state index contributed by atoms with van der Waals surface area (Å²) < 4.78 is 0. The van der Waals surface area contributed by atoms with Crippen molar-refractivity contribution < 1.29 is 14.7 Å². The third kappa shape index (κ3) is 3.58. The maximum Gasteiger partial charge on any atom is 0.310 e. The molecular weight excluding hydrogens is 328 g/mol. The van der Waals surface area contributed by atoms with Crippen LogP contribution >= 0.6 is 0 Å². The summed E-state index contributed by atoms with van der Waals surface area (Å²) in [5.41, 5.74) is 0.291. The number of carbonyl (C=O) groups excluding carboxylic acids is 1. The molecular formula is C21H26N2O3. The number of carbonyl (C=O) groups is 2. The van der Waals surface area contributed by atoms with Crippen molar-refractivity contribution in [2.45, 2.75) is 39.3 Å². The lowest BCUT2D eigenvalue weighted by molar-refractivity contribution is -0.147. The number of hydrogen-bond acceptors (Lipinski definition) is 3. The van der Waals surface area contributed by atoms with Crippen LogP contribution in [0.25, 0.3) is 10.8 Å². The van der Waals surface area contributed by atoms with Crippen molar-refractivity contribution in [3.05, 3.63) is 48.0 Å². The first kappa shape index (κ1) is 18.4. The van der Waals surface area contributed by atoms with Crippen molar-refractivity contribution in [1.29, 1.82) is 0 Å². The Labute approximate surface area is 154 Å². The predicted molar refractivity (Wildman–Crippen MR) is 102 cm³/mol. The molecule has 3 atom stereocenters. The molecule has 1 fully saturated rings. The number of fused-ring (bicyclic) bond motifs is 1. The summed E-state index contributed by atoms with van der Waals surface area (Å²) in [4.78, 5) is 26.0. The molecule has 2 aromatic carbocycles. The minimum Gasteiger partial charge on any atom is -0.481 e. The minimum atomic E-state index is -0.794. The van der Waals surface area contributed by atoms with Crippen LogP contribution in [0.4, 0.5) is 0 Å². The molecule has 0 radical (unpaired) electrons. The zero-order valence-corrected chi connectivity index (χ0v) is 15.5. The first-order chi connectivity index (χ1) is 12.3. The fourth-order valence-corrected chi connectivity index (χ4v) is 3.56. The van der Waals surface area contributed by atoms with Gasteiger partial charge in [-0.3, -0.25) is 14.5 Å². The van der Waals surface area contributed by atoms with Gasteiger partial charge in [-0.05, 0) is 49.6 Å². The van der Waals surface area contributed by atoms with E-state index in [0.717, 1.165) is 10.9 Å². The van der Waals surface area contributed by atoms with Crippen LogP contribution < -0.4 is 5.32 Å². The highest BCUT2D eigenvalue weighted by Crippen LogP contribution is 2.31. The molecule has 1 aliphatic heterocycles. The standard InChI is InChI=1S/C21H26N2O3/c1-14(17-9-8-16-6-4-5-7-18(16)12-17)22-19(24)15(2)23-11-10-21(3,13-23)20(25)26/h4-9,12,14-15H,10-11,13H2,1-3H3,(H,22,24)(H,25,26). The second kappa shape index (κ2) is 7.08. The summed E-state index contributed by atoms with van der Waals surface area (Å²) in [6, 6.07) is 13.9. The Bertz CT molecular complexity index is 835. The maximum absolute atomic E-state index is 12.7. The lowest BCUT2D eigenvalue weighted by Gasteiger charge is -2.26. The van der Waals surface area contributed by atoms with Crippen molar-refractivity contribution in [3.8, 4) is 0 Å². The van der Waals surface area contributed by atoms with Crippen LogP contribution in [0.15, 0.2) is 42.5 Å². The molecule has 1 saturated heterocycles. The molecule has 1 heterocycles. The van der Waals surface area contributed by atoms with Crippen LogP contribution in [0, 0.1) is 5.41 Å². The van der Waals surface area contributed by atoms with Crippen LogP contribution in [0.2, 0.25) is 0 Å². The van der Waals surface area contributed by atoms with Crippen molar-refractivity contribution in [1.82, 2.24) is 10.2 Å². The van der Waals surface area contributed by atoms with E-state index >= 15 is 0 Å². The number of nitrogens with one attached hydrogen (secondary N) is 1. The SMILES string of the molecule is CC(NC(=O)C(C)N1CCC(C)(C(=O)O)C1)c1ccc2ccccc2c1. The van der Waals surface area contributed by atoms with Gasteiger partial charge in [-0.2, -0.15) is 0 Å². The second-order valence-corrected chi connectivity index (χ2v) is 7.60.